The van der Waals surface area contributed by atoms with Crippen LogP contribution in [0.4, 0.5) is 0 Å². The molecule has 0 aromatic heterocycles. The van der Waals surface area contributed by atoms with E-state index in [-0.39, 0.29) is 56.7 Å². The second kappa shape index (κ2) is 23.0. The number of fused-ring (bicyclic) bond motifs is 2. The third-order valence-corrected chi connectivity index (χ3v) is 14.6. The van der Waals surface area contributed by atoms with Gasteiger partial charge in [0.05, 0.1) is 47.7 Å². The van der Waals surface area contributed by atoms with Crippen LogP contribution in [-0.2, 0) is 4.84 Å². The summed E-state index contributed by atoms with van der Waals surface area (Å²) in [5, 5.41) is 19.8. The monoisotopic (exact) mass is 977 g/mol. The summed E-state index contributed by atoms with van der Waals surface area (Å²) in [6.07, 6.45) is 0.892. The van der Waals surface area contributed by atoms with Gasteiger partial charge in [-0.2, -0.15) is 0 Å². The molecule has 0 bridgehead atoms. The van der Waals surface area contributed by atoms with Crippen LogP contribution in [0.1, 0.15) is 189 Å². The summed E-state index contributed by atoms with van der Waals surface area (Å²) in [7, 11) is 0. The van der Waals surface area contributed by atoms with Crippen LogP contribution < -0.4 is 9.47 Å². The topological polar surface area (TPSA) is 177 Å². The Labute approximate surface area is 420 Å². The lowest BCUT2D eigenvalue weighted by Gasteiger charge is -2.35. The van der Waals surface area contributed by atoms with Crippen molar-refractivity contribution in [3.8, 4) is 11.5 Å². The Kier molecular flexibility index (Phi) is 18.7. The summed E-state index contributed by atoms with van der Waals surface area (Å²) in [5.74, 6) is 0.0605. The van der Waals surface area contributed by atoms with Crippen molar-refractivity contribution < 1.29 is 53.4 Å². The lowest BCUT2D eigenvalue weighted by molar-refractivity contribution is -0.162. The molecule has 4 unspecified atom stereocenters. The van der Waals surface area contributed by atoms with E-state index in [0.717, 1.165) is 85.0 Å². The van der Waals surface area contributed by atoms with Gasteiger partial charge < -0.3 is 14.6 Å². The maximum Gasteiger partial charge on any atom is 0.285 e. The molecule has 0 saturated carbocycles. The molecular weight excluding hydrogens is 901 g/mol. The zero-order chi connectivity index (χ0) is 53.8. The number of amides is 4. The highest BCUT2D eigenvalue weighted by molar-refractivity contribution is 6.21. The Morgan fingerprint density at radius 1 is 0.521 bits per heavy atom. The number of aliphatic hydroxyl groups is 1. The molecule has 0 saturated heterocycles. The zero-order valence-corrected chi connectivity index (χ0v) is 45.2. The van der Waals surface area contributed by atoms with E-state index < -0.39 is 23.6 Å². The van der Waals surface area contributed by atoms with Crippen LogP contribution in [0.15, 0.2) is 48.5 Å². The van der Waals surface area contributed by atoms with Crippen molar-refractivity contribution in [2.75, 3.05) is 13.2 Å². The van der Waals surface area contributed by atoms with Crippen molar-refractivity contribution >= 4 is 35.2 Å². The lowest BCUT2D eigenvalue weighted by atomic mass is 9.79. The molecule has 0 fully saturated rings. The first-order valence-corrected chi connectivity index (χ1v) is 24.4. The smallest absolute Gasteiger partial charge is 0.285 e. The van der Waals surface area contributed by atoms with Gasteiger partial charge in [-0.15, -0.1) is 10.1 Å². The van der Waals surface area contributed by atoms with Crippen molar-refractivity contribution in [1.82, 2.24) is 10.1 Å². The summed E-state index contributed by atoms with van der Waals surface area (Å²) in [5.41, 5.74) is 10.5. The molecule has 4 amide bonds. The maximum absolute atomic E-state index is 12.7. The van der Waals surface area contributed by atoms with E-state index in [1.807, 2.05) is 62.3 Å². The third kappa shape index (κ3) is 12.5. The second-order valence-electron chi connectivity index (χ2n) is 21.1. The van der Waals surface area contributed by atoms with Crippen molar-refractivity contribution in [1.29, 1.82) is 0 Å². The van der Waals surface area contributed by atoms with E-state index >= 15 is 0 Å². The molecule has 13 heteroatoms. The Morgan fingerprint density at radius 3 is 1.17 bits per heavy atom. The number of carbonyl (C=O) groups is 6. The minimum absolute atomic E-state index is 0.0428. The quantitative estimate of drug-likeness (QED) is 0.0620. The van der Waals surface area contributed by atoms with Gasteiger partial charge in [0.1, 0.15) is 11.5 Å². The highest BCUT2D eigenvalue weighted by Crippen LogP contribution is 2.38. The third-order valence-electron chi connectivity index (χ3n) is 14.6. The Bertz CT molecular complexity index is 2640. The van der Waals surface area contributed by atoms with E-state index in [9.17, 15) is 33.9 Å². The van der Waals surface area contributed by atoms with Crippen LogP contribution in [0.25, 0.3) is 0 Å². The number of aliphatic hydroxyl groups excluding tert-OH is 1. The molecule has 384 valence electrons. The van der Waals surface area contributed by atoms with Crippen LogP contribution >= 0.6 is 0 Å². The molecule has 13 nitrogen and oxygen atoms in total. The fraction of sp³-hybridized carbons (Fsp3) is 0.483. The fourth-order valence-corrected chi connectivity index (χ4v) is 9.56. The van der Waals surface area contributed by atoms with Crippen LogP contribution in [-0.4, -0.2) is 81.1 Å². The van der Waals surface area contributed by atoms with E-state index in [1.54, 1.807) is 50.2 Å². The summed E-state index contributed by atoms with van der Waals surface area (Å²) in [6, 6.07) is 13.1. The first kappa shape index (κ1) is 57.6. The van der Waals surface area contributed by atoms with Crippen molar-refractivity contribution in [2.24, 2.45) is 22.7 Å². The minimum atomic E-state index is -0.657. The highest BCUT2D eigenvalue weighted by Gasteiger charge is 2.41. The zero-order valence-electron chi connectivity index (χ0n) is 45.2. The minimum Gasteiger partial charge on any atom is -0.493 e. The van der Waals surface area contributed by atoms with Crippen LogP contribution in [0, 0.1) is 78.1 Å². The number of hydrogen-bond acceptors (Lipinski definition) is 11. The fourth-order valence-electron chi connectivity index (χ4n) is 9.56. The first-order chi connectivity index (χ1) is 32.9. The standard InChI is InChI=1S/C29H37NO5.C21H34O3.C8H5NO3/c1-16(15-34-26-19(4)17(2)18(3)25(20(26)5)21(6)31)14-29(8,9)22(7)35-30-27(32)23-12-10-11-13-24(23)28(30)33;1-12(10-21(8,9)18(7)23)11-24-20-15(4)13(2)14(3)19(16(20)5)17(6)22;10-7-5-3-1-2-4-6(5)8(11)9(7)12/h10-13,16,22H,14-15H2,1-9H3;12,18,23H,10-11H2,1-9H3;1-4,12H. The Morgan fingerprint density at radius 2 is 0.845 bits per heavy atom. The molecule has 71 heavy (non-hydrogen) atoms. The molecule has 2 aliphatic heterocycles. The van der Waals surface area contributed by atoms with Gasteiger partial charge in [-0.25, -0.2) is 0 Å². The largest absolute Gasteiger partial charge is 0.493 e. The van der Waals surface area contributed by atoms with E-state index in [4.69, 9.17) is 19.5 Å². The average molecular weight is 977 g/mol. The van der Waals surface area contributed by atoms with Gasteiger partial charge >= 0.3 is 0 Å². The number of hydroxylamine groups is 4. The molecule has 2 N–H and O–H groups in total. The van der Waals surface area contributed by atoms with Crippen molar-refractivity contribution in [2.45, 2.75) is 150 Å². The highest BCUT2D eigenvalue weighted by atomic mass is 16.7. The summed E-state index contributed by atoms with van der Waals surface area (Å²) >= 11 is 0. The van der Waals surface area contributed by atoms with Crippen molar-refractivity contribution in [3.63, 3.8) is 0 Å². The Hall–Kier alpha value is -6.02. The summed E-state index contributed by atoms with van der Waals surface area (Å²) in [4.78, 5) is 77.7. The molecular formula is C58H76N2O11. The van der Waals surface area contributed by atoms with Crippen molar-refractivity contribution in [3.05, 3.63) is 126 Å². The normalized spacial score (nSPS) is 15.0. The molecule has 0 aliphatic carbocycles. The average Bonchev–Trinajstić information content (AvgIpc) is 3.66. The van der Waals surface area contributed by atoms with Crippen LogP contribution in [0.5, 0.6) is 11.5 Å². The molecule has 2 heterocycles. The van der Waals surface area contributed by atoms with Gasteiger partial charge in [0.25, 0.3) is 23.6 Å². The van der Waals surface area contributed by atoms with Gasteiger partial charge in [0.2, 0.25) is 0 Å². The SMILES string of the molecule is CC(=O)c1c(C)c(C)c(C)c(OCC(C)CC(C)(C)C(C)O)c1C.CC(=O)c1c(C)c(C)c(C)c(OCC(C)CC(C)(C)C(C)ON2C(=O)c3ccccc3C2=O)c1C.O=C1c2ccccc2C(=O)N1O. The van der Waals surface area contributed by atoms with Gasteiger partial charge in [-0.05, 0) is 176 Å². The first-order valence-electron chi connectivity index (χ1n) is 24.4. The van der Waals surface area contributed by atoms with Gasteiger partial charge in [0, 0.05) is 22.3 Å². The number of Topliss-reactive ketones (excluding diaryl/α,β-unsaturated/α-hetero) is 2. The second-order valence-corrected chi connectivity index (χ2v) is 21.1. The van der Waals surface area contributed by atoms with E-state index in [1.165, 1.54) is 12.1 Å². The van der Waals surface area contributed by atoms with Gasteiger partial charge in [-0.3, -0.25) is 38.8 Å². The number of nitrogens with zero attached hydrogens (tertiary/aromatic N) is 2. The summed E-state index contributed by atoms with van der Waals surface area (Å²) in [6.45, 7) is 36.6. The molecule has 6 rings (SSSR count). The van der Waals surface area contributed by atoms with E-state index in [2.05, 4.69) is 48.5 Å². The molecule has 0 spiro atoms. The van der Waals surface area contributed by atoms with Gasteiger partial charge in [0.15, 0.2) is 11.6 Å². The number of ketones is 2. The van der Waals surface area contributed by atoms with Crippen LogP contribution in [0.2, 0.25) is 0 Å². The van der Waals surface area contributed by atoms with Gasteiger partial charge in [-0.1, -0.05) is 65.8 Å². The Balaban J connectivity index is 0.000000260. The number of ether oxygens (including phenoxy) is 2. The predicted octanol–water partition coefficient (Wildman–Crippen LogP) is 11.8. The molecule has 4 atom stereocenters. The summed E-state index contributed by atoms with van der Waals surface area (Å²) < 4.78 is 12.4. The lowest BCUT2D eigenvalue weighted by Crippen LogP contribution is -2.40. The molecule has 0 radical (unpaired) electrons. The molecule has 4 aromatic rings. The number of benzene rings is 4. The molecule has 4 aromatic carbocycles. The number of rotatable bonds is 16. The maximum atomic E-state index is 12.7. The number of carbonyl (C=O) groups excluding carboxylic acids is 6. The number of imide groups is 2. The number of hydrogen-bond donors (Lipinski definition) is 2. The predicted molar refractivity (Wildman–Crippen MR) is 275 cm³/mol. The van der Waals surface area contributed by atoms with Crippen LogP contribution in [0.3, 0.4) is 0 Å². The van der Waals surface area contributed by atoms with E-state index in [0.29, 0.717) is 30.3 Å². The molecule has 2 aliphatic rings.